The number of esters is 3. The first kappa shape index (κ1) is 27.7. The fourth-order valence-electron chi connectivity index (χ4n) is 3.48. The van der Waals surface area contributed by atoms with Crippen LogP contribution in [0.15, 0.2) is 40.7 Å². The highest BCUT2D eigenvalue weighted by atomic mass is 35.5. The van der Waals surface area contributed by atoms with E-state index in [4.69, 9.17) is 37.4 Å². The Balaban J connectivity index is 2.44. The van der Waals surface area contributed by atoms with Crippen LogP contribution < -0.4 is 10.6 Å². The van der Waals surface area contributed by atoms with Crippen molar-refractivity contribution in [2.24, 2.45) is 0 Å². The van der Waals surface area contributed by atoms with Crippen molar-refractivity contribution in [1.29, 1.82) is 0 Å². The molecule has 0 amide bonds. The molecule has 2 rings (SSSR count). The Bertz CT molecular complexity index is 992. The lowest BCUT2D eigenvalue weighted by molar-refractivity contribution is -0.140. The molecule has 1 atom stereocenters. The molecule has 0 fully saturated rings. The maximum absolute atomic E-state index is 13.1. The van der Waals surface area contributed by atoms with E-state index in [1.165, 1.54) is 14.2 Å². The number of carbonyl (C=O) groups is 3. The summed E-state index contributed by atoms with van der Waals surface area (Å²) in [6, 6.07) is 4.98. The SMILES string of the molecule is CCOC(=O)C1=C(COCCNCC(=O)OC)NC(C)=C(C(=O)OC)C1c1cccc(Cl)c1Cl. The average molecular weight is 515 g/mol. The number of methoxy groups -OCH3 is 2. The zero-order valence-electron chi connectivity index (χ0n) is 19.5. The van der Waals surface area contributed by atoms with E-state index in [2.05, 4.69) is 15.4 Å². The minimum Gasteiger partial charge on any atom is -0.468 e. The number of dihydropyridines is 1. The summed E-state index contributed by atoms with van der Waals surface area (Å²) in [6.45, 7) is 4.18. The van der Waals surface area contributed by atoms with E-state index in [1.807, 2.05) is 0 Å². The highest BCUT2D eigenvalue weighted by Gasteiger charge is 2.40. The number of allylic oxidation sites excluding steroid dienone is 1. The van der Waals surface area contributed by atoms with E-state index < -0.39 is 23.8 Å². The van der Waals surface area contributed by atoms with Gasteiger partial charge in [-0.2, -0.15) is 0 Å². The van der Waals surface area contributed by atoms with Crippen LogP contribution >= 0.6 is 23.2 Å². The Hall–Kier alpha value is -2.59. The summed E-state index contributed by atoms with van der Waals surface area (Å²) < 4.78 is 20.6. The summed E-state index contributed by atoms with van der Waals surface area (Å²) >= 11 is 12.7. The van der Waals surface area contributed by atoms with Gasteiger partial charge in [-0.3, -0.25) is 4.79 Å². The summed E-state index contributed by atoms with van der Waals surface area (Å²) in [7, 11) is 2.56. The van der Waals surface area contributed by atoms with E-state index in [0.717, 1.165) is 0 Å². The Labute approximate surface area is 208 Å². The Morgan fingerprint density at radius 1 is 1.09 bits per heavy atom. The zero-order valence-corrected chi connectivity index (χ0v) is 21.0. The molecule has 1 heterocycles. The molecule has 34 heavy (non-hydrogen) atoms. The average Bonchev–Trinajstić information content (AvgIpc) is 2.82. The van der Waals surface area contributed by atoms with Gasteiger partial charge in [0, 0.05) is 12.2 Å². The Morgan fingerprint density at radius 2 is 1.82 bits per heavy atom. The molecule has 1 aliphatic heterocycles. The molecule has 2 N–H and O–H groups in total. The third-order valence-corrected chi connectivity index (χ3v) is 5.84. The smallest absolute Gasteiger partial charge is 0.336 e. The fraction of sp³-hybridized carbons (Fsp3) is 0.435. The lowest BCUT2D eigenvalue weighted by Crippen LogP contribution is -2.35. The molecule has 0 bridgehead atoms. The number of halogens is 2. The quantitative estimate of drug-likeness (QED) is 0.261. The van der Waals surface area contributed by atoms with Crippen LogP contribution in [-0.4, -0.2) is 65.0 Å². The second kappa shape index (κ2) is 13.3. The molecular weight excluding hydrogens is 487 g/mol. The van der Waals surface area contributed by atoms with Gasteiger partial charge in [0.25, 0.3) is 0 Å². The maximum atomic E-state index is 13.1. The summed E-state index contributed by atoms with van der Waals surface area (Å²) in [5.41, 5.74) is 1.72. The first-order chi connectivity index (χ1) is 16.3. The minimum absolute atomic E-state index is 0.00846. The van der Waals surface area contributed by atoms with Gasteiger partial charge in [-0.05, 0) is 25.5 Å². The summed E-state index contributed by atoms with van der Waals surface area (Å²) in [4.78, 5) is 37.0. The highest BCUT2D eigenvalue weighted by molar-refractivity contribution is 6.42. The van der Waals surface area contributed by atoms with Crippen molar-refractivity contribution >= 4 is 41.1 Å². The number of hydrogen-bond acceptors (Lipinski definition) is 9. The second-order valence-electron chi connectivity index (χ2n) is 7.15. The number of benzene rings is 1. The number of nitrogens with one attached hydrogen (secondary N) is 2. The van der Waals surface area contributed by atoms with Gasteiger partial charge in [0.15, 0.2) is 0 Å². The molecule has 0 saturated carbocycles. The van der Waals surface area contributed by atoms with Gasteiger partial charge in [0.2, 0.25) is 0 Å². The van der Waals surface area contributed by atoms with Crippen LogP contribution in [0.1, 0.15) is 25.3 Å². The lowest BCUT2D eigenvalue weighted by Gasteiger charge is -2.31. The van der Waals surface area contributed by atoms with Crippen LogP contribution in [0.3, 0.4) is 0 Å². The standard InChI is InChI=1S/C23H28Cl2N2O7/c1-5-34-23(30)20-16(12-33-10-9-26-11-17(28)31-3)27-13(2)18(22(29)32-4)19(20)14-7-6-8-15(24)21(14)25/h6-8,19,26-27H,5,9-12H2,1-4H3. The van der Waals surface area contributed by atoms with Crippen LogP contribution in [0.2, 0.25) is 10.0 Å². The van der Waals surface area contributed by atoms with Crippen molar-refractivity contribution in [3.8, 4) is 0 Å². The van der Waals surface area contributed by atoms with Gasteiger partial charge in [0.1, 0.15) is 0 Å². The second-order valence-corrected chi connectivity index (χ2v) is 7.93. The van der Waals surface area contributed by atoms with Crippen molar-refractivity contribution in [1.82, 2.24) is 10.6 Å². The largest absolute Gasteiger partial charge is 0.468 e. The van der Waals surface area contributed by atoms with Gasteiger partial charge in [-0.15, -0.1) is 0 Å². The molecule has 1 aromatic rings. The monoisotopic (exact) mass is 514 g/mol. The maximum Gasteiger partial charge on any atom is 0.336 e. The third kappa shape index (κ3) is 6.73. The molecule has 0 spiro atoms. The molecule has 0 aromatic heterocycles. The van der Waals surface area contributed by atoms with Gasteiger partial charge in [-0.25, -0.2) is 9.59 Å². The lowest BCUT2D eigenvalue weighted by atomic mass is 9.80. The van der Waals surface area contributed by atoms with Crippen molar-refractivity contribution in [2.45, 2.75) is 19.8 Å². The molecule has 1 aliphatic rings. The van der Waals surface area contributed by atoms with Crippen molar-refractivity contribution in [2.75, 3.05) is 47.1 Å². The van der Waals surface area contributed by atoms with Gasteiger partial charge < -0.3 is 29.6 Å². The first-order valence-corrected chi connectivity index (χ1v) is 11.3. The molecule has 1 unspecified atom stereocenters. The summed E-state index contributed by atoms with van der Waals surface area (Å²) in [5.74, 6) is -2.54. The van der Waals surface area contributed by atoms with E-state index in [1.54, 1.807) is 32.0 Å². The first-order valence-electron chi connectivity index (χ1n) is 10.5. The van der Waals surface area contributed by atoms with Crippen LogP contribution in [-0.2, 0) is 33.3 Å². The van der Waals surface area contributed by atoms with Gasteiger partial charge in [0.05, 0.1) is 73.4 Å². The van der Waals surface area contributed by atoms with Crippen LogP contribution in [0.25, 0.3) is 0 Å². The molecule has 0 saturated heterocycles. The highest BCUT2D eigenvalue weighted by Crippen LogP contribution is 2.43. The van der Waals surface area contributed by atoms with E-state index >= 15 is 0 Å². The van der Waals surface area contributed by atoms with Crippen molar-refractivity contribution < 1.29 is 33.3 Å². The minimum atomic E-state index is -0.894. The van der Waals surface area contributed by atoms with Crippen LogP contribution in [0.5, 0.6) is 0 Å². The third-order valence-electron chi connectivity index (χ3n) is 5.00. The predicted molar refractivity (Wildman–Crippen MR) is 126 cm³/mol. The molecule has 1 aromatic carbocycles. The van der Waals surface area contributed by atoms with Gasteiger partial charge in [-0.1, -0.05) is 35.3 Å². The molecule has 11 heteroatoms. The van der Waals surface area contributed by atoms with E-state index in [-0.39, 0.29) is 47.6 Å². The van der Waals surface area contributed by atoms with Gasteiger partial charge >= 0.3 is 17.9 Å². The molecular formula is C23H28Cl2N2O7. The number of carbonyl (C=O) groups excluding carboxylic acids is 3. The number of hydrogen-bond donors (Lipinski definition) is 2. The predicted octanol–water partition coefficient (Wildman–Crippen LogP) is 2.72. The number of rotatable bonds is 11. The topological polar surface area (TPSA) is 112 Å². The molecule has 9 nitrogen and oxygen atoms in total. The van der Waals surface area contributed by atoms with Crippen molar-refractivity contribution in [3.63, 3.8) is 0 Å². The summed E-state index contributed by atoms with van der Waals surface area (Å²) in [6.07, 6.45) is 0. The normalized spacial score (nSPS) is 15.6. The Morgan fingerprint density at radius 3 is 2.47 bits per heavy atom. The van der Waals surface area contributed by atoms with Crippen LogP contribution in [0.4, 0.5) is 0 Å². The van der Waals surface area contributed by atoms with Crippen molar-refractivity contribution in [3.05, 3.63) is 56.3 Å². The molecule has 186 valence electrons. The molecule has 0 radical (unpaired) electrons. The Kier molecular flexibility index (Phi) is 10.8. The molecule has 0 aliphatic carbocycles. The van der Waals surface area contributed by atoms with E-state index in [9.17, 15) is 14.4 Å². The fourth-order valence-corrected chi connectivity index (χ4v) is 3.89. The summed E-state index contributed by atoms with van der Waals surface area (Å²) in [5, 5.41) is 6.45. The van der Waals surface area contributed by atoms with Crippen LogP contribution in [0, 0.1) is 0 Å². The number of ether oxygens (including phenoxy) is 4. The van der Waals surface area contributed by atoms with E-state index in [0.29, 0.717) is 23.5 Å². The zero-order chi connectivity index (χ0) is 25.3.